The second kappa shape index (κ2) is 5.09. The normalized spacial score (nSPS) is 28.8. The van der Waals surface area contributed by atoms with E-state index in [1.165, 1.54) is 0 Å². The van der Waals surface area contributed by atoms with Crippen molar-refractivity contribution in [1.29, 1.82) is 5.26 Å². The number of nitrogens with one attached hydrogen (secondary N) is 1. The van der Waals surface area contributed by atoms with Crippen molar-refractivity contribution in [3.8, 4) is 6.07 Å². The highest BCUT2D eigenvalue weighted by molar-refractivity contribution is 5.25. The highest BCUT2D eigenvalue weighted by atomic mass is 15.2. The smallest absolute Gasteiger partial charge is 0.0839 e. The fourth-order valence-corrected chi connectivity index (χ4v) is 3.27. The molecule has 2 aliphatic heterocycles. The van der Waals surface area contributed by atoms with Crippen molar-refractivity contribution in [1.82, 2.24) is 10.2 Å². The van der Waals surface area contributed by atoms with Crippen molar-refractivity contribution < 1.29 is 0 Å². The van der Waals surface area contributed by atoms with Crippen LogP contribution in [-0.4, -0.2) is 37.6 Å². The summed E-state index contributed by atoms with van der Waals surface area (Å²) in [5.74, 6) is 1.62. The van der Waals surface area contributed by atoms with Gasteiger partial charge in [-0.1, -0.05) is 30.3 Å². The fraction of sp³-hybridized carbons (Fsp3) is 0.533. The van der Waals surface area contributed by atoms with Gasteiger partial charge in [-0.2, -0.15) is 5.26 Å². The quantitative estimate of drug-likeness (QED) is 0.870. The molecule has 3 rings (SSSR count). The van der Waals surface area contributed by atoms with Gasteiger partial charge in [0.1, 0.15) is 0 Å². The SMILES string of the molecule is N#CC(CN1C[C@H]2CNC[C@H]2C1)c1ccccc1. The number of rotatable bonds is 3. The minimum atomic E-state index is 0.0120. The van der Waals surface area contributed by atoms with Gasteiger partial charge in [0.2, 0.25) is 0 Å². The largest absolute Gasteiger partial charge is 0.316 e. The summed E-state index contributed by atoms with van der Waals surface area (Å²) in [6, 6.07) is 12.6. The summed E-state index contributed by atoms with van der Waals surface area (Å²) in [5.41, 5.74) is 1.15. The van der Waals surface area contributed by atoms with Crippen LogP contribution in [-0.2, 0) is 0 Å². The van der Waals surface area contributed by atoms with Crippen LogP contribution < -0.4 is 5.32 Å². The van der Waals surface area contributed by atoms with Gasteiger partial charge < -0.3 is 10.2 Å². The average molecular weight is 241 g/mol. The fourth-order valence-electron chi connectivity index (χ4n) is 3.27. The minimum Gasteiger partial charge on any atom is -0.316 e. The second-order valence-corrected chi connectivity index (χ2v) is 5.49. The summed E-state index contributed by atoms with van der Waals surface area (Å²) < 4.78 is 0. The lowest BCUT2D eigenvalue weighted by Gasteiger charge is -2.20. The standard InChI is InChI=1S/C15H19N3/c16-6-13(12-4-2-1-3-5-12)9-18-10-14-7-17-8-15(14)11-18/h1-5,13-15,17H,7-11H2/t13?,14-,15+. The number of likely N-dealkylation sites (tertiary alicyclic amines) is 1. The summed E-state index contributed by atoms with van der Waals surface area (Å²) in [6.07, 6.45) is 0. The van der Waals surface area contributed by atoms with E-state index in [-0.39, 0.29) is 5.92 Å². The van der Waals surface area contributed by atoms with Crippen LogP contribution in [0.15, 0.2) is 30.3 Å². The van der Waals surface area contributed by atoms with Gasteiger partial charge in [-0.05, 0) is 30.5 Å². The first-order chi connectivity index (χ1) is 8.86. The molecule has 3 nitrogen and oxygen atoms in total. The lowest BCUT2D eigenvalue weighted by atomic mass is 10.0. The van der Waals surface area contributed by atoms with Crippen molar-refractivity contribution in [2.24, 2.45) is 11.8 Å². The van der Waals surface area contributed by atoms with Crippen LogP contribution in [0.3, 0.4) is 0 Å². The van der Waals surface area contributed by atoms with E-state index in [1.807, 2.05) is 18.2 Å². The molecule has 2 aliphatic rings. The molecule has 0 aliphatic carbocycles. The molecule has 18 heavy (non-hydrogen) atoms. The molecule has 1 N–H and O–H groups in total. The van der Waals surface area contributed by atoms with Crippen LogP contribution in [0.2, 0.25) is 0 Å². The van der Waals surface area contributed by atoms with Crippen molar-refractivity contribution in [3.05, 3.63) is 35.9 Å². The summed E-state index contributed by atoms with van der Waals surface area (Å²) >= 11 is 0. The molecule has 1 unspecified atom stereocenters. The van der Waals surface area contributed by atoms with Gasteiger partial charge in [0, 0.05) is 19.6 Å². The Morgan fingerprint density at radius 1 is 1.22 bits per heavy atom. The Morgan fingerprint density at radius 2 is 1.89 bits per heavy atom. The Bertz CT molecular complexity index is 425. The molecule has 0 amide bonds. The first-order valence-corrected chi connectivity index (χ1v) is 6.74. The summed E-state index contributed by atoms with van der Waals surface area (Å²) in [5, 5.41) is 12.8. The molecule has 2 saturated heterocycles. The molecular weight excluding hydrogens is 222 g/mol. The Labute approximate surface area is 108 Å². The summed E-state index contributed by atoms with van der Waals surface area (Å²) in [7, 11) is 0. The first kappa shape index (κ1) is 11.7. The van der Waals surface area contributed by atoms with E-state index in [0.29, 0.717) is 0 Å². The maximum absolute atomic E-state index is 9.35. The number of nitrogens with zero attached hydrogens (tertiary/aromatic N) is 2. The molecule has 0 bridgehead atoms. The summed E-state index contributed by atoms with van der Waals surface area (Å²) in [4.78, 5) is 2.47. The maximum Gasteiger partial charge on any atom is 0.0839 e. The van der Waals surface area contributed by atoms with Crippen LogP contribution in [0.4, 0.5) is 0 Å². The molecule has 3 heteroatoms. The Hall–Kier alpha value is -1.37. The van der Waals surface area contributed by atoms with E-state index in [0.717, 1.165) is 50.1 Å². The molecule has 2 fully saturated rings. The predicted octanol–water partition coefficient (Wildman–Crippen LogP) is 1.44. The first-order valence-electron chi connectivity index (χ1n) is 6.74. The zero-order valence-corrected chi connectivity index (χ0v) is 10.5. The number of hydrogen-bond acceptors (Lipinski definition) is 3. The van der Waals surface area contributed by atoms with Gasteiger partial charge in [-0.25, -0.2) is 0 Å². The molecule has 2 heterocycles. The second-order valence-electron chi connectivity index (χ2n) is 5.49. The van der Waals surface area contributed by atoms with Crippen LogP contribution >= 0.6 is 0 Å². The van der Waals surface area contributed by atoms with Crippen molar-refractivity contribution in [2.75, 3.05) is 32.7 Å². The van der Waals surface area contributed by atoms with Crippen LogP contribution in [0, 0.1) is 23.2 Å². The van der Waals surface area contributed by atoms with Gasteiger partial charge in [0.25, 0.3) is 0 Å². The molecule has 0 radical (unpaired) electrons. The topological polar surface area (TPSA) is 39.1 Å². The van der Waals surface area contributed by atoms with Crippen LogP contribution in [0.1, 0.15) is 11.5 Å². The number of nitriles is 1. The molecular formula is C15H19N3. The Morgan fingerprint density at radius 3 is 2.50 bits per heavy atom. The number of fused-ring (bicyclic) bond motifs is 1. The average Bonchev–Trinajstić information content (AvgIpc) is 2.97. The highest BCUT2D eigenvalue weighted by Gasteiger charge is 2.36. The van der Waals surface area contributed by atoms with Gasteiger partial charge in [-0.15, -0.1) is 0 Å². The number of benzene rings is 1. The van der Waals surface area contributed by atoms with E-state index in [9.17, 15) is 5.26 Å². The van der Waals surface area contributed by atoms with E-state index in [1.54, 1.807) is 0 Å². The minimum absolute atomic E-state index is 0.0120. The molecule has 0 saturated carbocycles. The van der Waals surface area contributed by atoms with E-state index < -0.39 is 0 Å². The third-order valence-electron chi connectivity index (χ3n) is 4.26. The monoisotopic (exact) mass is 241 g/mol. The lowest BCUT2D eigenvalue weighted by Crippen LogP contribution is -2.29. The van der Waals surface area contributed by atoms with Crippen LogP contribution in [0.5, 0.6) is 0 Å². The Balaban J connectivity index is 1.64. The predicted molar refractivity (Wildman–Crippen MR) is 71.1 cm³/mol. The maximum atomic E-state index is 9.35. The molecule has 0 aromatic heterocycles. The van der Waals surface area contributed by atoms with E-state index in [2.05, 4.69) is 28.4 Å². The Kier molecular flexibility index (Phi) is 3.31. The third-order valence-corrected chi connectivity index (χ3v) is 4.26. The van der Waals surface area contributed by atoms with Crippen molar-refractivity contribution >= 4 is 0 Å². The highest BCUT2D eigenvalue weighted by Crippen LogP contribution is 2.28. The van der Waals surface area contributed by atoms with Crippen LogP contribution in [0.25, 0.3) is 0 Å². The van der Waals surface area contributed by atoms with Gasteiger partial charge in [0.15, 0.2) is 0 Å². The third kappa shape index (κ3) is 2.27. The van der Waals surface area contributed by atoms with E-state index in [4.69, 9.17) is 0 Å². The van der Waals surface area contributed by atoms with Gasteiger partial charge >= 0.3 is 0 Å². The number of hydrogen-bond donors (Lipinski definition) is 1. The molecule has 1 aromatic carbocycles. The summed E-state index contributed by atoms with van der Waals surface area (Å²) in [6.45, 7) is 5.51. The van der Waals surface area contributed by atoms with Crippen molar-refractivity contribution in [3.63, 3.8) is 0 Å². The molecule has 3 atom stereocenters. The molecule has 94 valence electrons. The van der Waals surface area contributed by atoms with Crippen molar-refractivity contribution in [2.45, 2.75) is 5.92 Å². The zero-order chi connectivity index (χ0) is 12.4. The van der Waals surface area contributed by atoms with Gasteiger partial charge in [-0.3, -0.25) is 0 Å². The van der Waals surface area contributed by atoms with Gasteiger partial charge in [0.05, 0.1) is 12.0 Å². The molecule has 0 spiro atoms. The molecule has 1 aromatic rings. The van der Waals surface area contributed by atoms with E-state index >= 15 is 0 Å². The zero-order valence-electron chi connectivity index (χ0n) is 10.5. The lowest BCUT2D eigenvalue weighted by molar-refractivity contribution is 0.307.